The lowest BCUT2D eigenvalue weighted by Gasteiger charge is -2.35. The highest BCUT2D eigenvalue weighted by Crippen LogP contribution is 2.29. The standard InChI is InChI=1S/C18H29N3O3/c1-14(2)12-20-7-9-21(10-8-20)13-18(22)19-15-5-6-16(23-3)17(11-15)24-4/h5-6,11,14H,7-10,12-13H2,1-4H3,(H,19,22). The molecule has 0 saturated carbocycles. The predicted octanol–water partition coefficient (Wildman–Crippen LogP) is 1.92. The second-order valence-electron chi connectivity index (χ2n) is 6.59. The van der Waals surface area contributed by atoms with Gasteiger partial charge in [-0.15, -0.1) is 0 Å². The maximum Gasteiger partial charge on any atom is 0.238 e. The fourth-order valence-corrected chi connectivity index (χ4v) is 2.96. The molecule has 24 heavy (non-hydrogen) atoms. The molecule has 6 heteroatoms. The first kappa shape index (κ1) is 18.5. The normalized spacial score (nSPS) is 16.2. The average Bonchev–Trinajstić information content (AvgIpc) is 2.56. The summed E-state index contributed by atoms with van der Waals surface area (Å²) >= 11 is 0. The molecule has 0 atom stereocenters. The highest BCUT2D eigenvalue weighted by atomic mass is 16.5. The second-order valence-corrected chi connectivity index (χ2v) is 6.59. The first-order chi connectivity index (χ1) is 11.5. The van der Waals surface area contributed by atoms with Gasteiger partial charge in [-0.3, -0.25) is 9.69 Å². The SMILES string of the molecule is COc1ccc(NC(=O)CN2CCN(CC(C)C)CC2)cc1OC. The van der Waals surface area contributed by atoms with Crippen molar-refractivity contribution >= 4 is 11.6 Å². The summed E-state index contributed by atoms with van der Waals surface area (Å²) in [5.74, 6) is 1.94. The Labute approximate surface area is 144 Å². The molecular formula is C18H29N3O3. The number of nitrogens with one attached hydrogen (secondary N) is 1. The molecule has 0 bridgehead atoms. The van der Waals surface area contributed by atoms with Crippen LogP contribution < -0.4 is 14.8 Å². The lowest BCUT2D eigenvalue weighted by atomic mass is 10.2. The highest BCUT2D eigenvalue weighted by Gasteiger charge is 2.19. The fraction of sp³-hybridized carbons (Fsp3) is 0.611. The van der Waals surface area contributed by atoms with Crippen LogP contribution in [0.1, 0.15) is 13.8 Å². The number of rotatable bonds is 7. The summed E-state index contributed by atoms with van der Waals surface area (Å²) in [6.45, 7) is 9.96. The zero-order chi connectivity index (χ0) is 17.5. The van der Waals surface area contributed by atoms with Crippen LogP contribution in [0, 0.1) is 5.92 Å². The molecule has 2 rings (SSSR count). The van der Waals surface area contributed by atoms with E-state index in [1.54, 1.807) is 26.4 Å². The van der Waals surface area contributed by atoms with Crippen molar-refractivity contribution in [2.75, 3.05) is 58.8 Å². The molecular weight excluding hydrogens is 306 g/mol. The van der Waals surface area contributed by atoms with Gasteiger partial charge >= 0.3 is 0 Å². The minimum absolute atomic E-state index is 0.000436. The van der Waals surface area contributed by atoms with E-state index in [0.29, 0.717) is 24.0 Å². The Morgan fingerprint density at radius 3 is 2.29 bits per heavy atom. The number of anilines is 1. The number of amides is 1. The van der Waals surface area contributed by atoms with E-state index in [4.69, 9.17) is 9.47 Å². The van der Waals surface area contributed by atoms with Crippen molar-refractivity contribution in [1.82, 2.24) is 9.80 Å². The van der Waals surface area contributed by atoms with Crippen molar-refractivity contribution in [3.63, 3.8) is 0 Å². The second kappa shape index (κ2) is 8.89. The summed E-state index contributed by atoms with van der Waals surface area (Å²) in [6.07, 6.45) is 0. The largest absolute Gasteiger partial charge is 0.493 e. The Balaban J connectivity index is 1.82. The van der Waals surface area contributed by atoms with Gasteiger partial charge in [0.25, 0.3) is 0 Å². The Kier molecular flexibility index (Phi) is 6.87. The molecule has 0 unspecified atom stereocenters. The van der Waals surface area contributed by atoms with Crippen molar-refractivity contribution in [2.45, 2.75) is 13.8 Å². The summed E-state index contributed by atoms with van der Waals surface area (Å²) in [4.78, 5) is 16.9. The molecule has 1 saturated heterocycles. The number of carbonyl (C=O) groups is 1. The number of nitrogens with zero attached hydrogens (tertiary/aromatic N) is 2. The highest BCUT2D eigenvalue weighted by molar-refractivity contribution is 5.92. The van der Waals surface area contributed by atoms with E-state index in [2.05, 4.69) is 29.0 Å². The van der Waals surface area contributed by atoms with Gasteiger partial charge < -0.3 is 19.7 Å². The number of carbonyl (C=O) groups excluding carboxylic acids is 1. The van der Waals surface area contributed by atoms with Crippen LogP contribution in [0.15, 0.2) is 18.2 Å². The lowest BCUT2D eigenvalue weighted by Crippen LogP contribution is -2.49. The molecule has 1 aliphatic heterocycles. The first-order valence-corrected chi connectivity index (χ1v) is 8.48. The van der Waals surface area contributed by atoms with Gasteiger partial charge in [0.1, 0.15) is 0 Å². The summed E-state index contributed by atoms with van der Waals surface area (Å²) in [5.41, 5.74) is 0.719. The van der Waals surface area contributed by atoms with Gasteiger partial charge in [-0.05, 0) is 18.1 Å². The van der Waals surface area contributed by atoms with Gasteiger partial charge in [0, 0.05) is 44.5 Å². The molecule has 1 aliphatic rings. The minimum Gasteiger partial charge on any atom is -0.493 e. The summed E-state index contributed by atoms with van der Waals surface area (Å²) in [6, 6.07) is 5.39. The zero-order valence-electron chi connectivity index (χ0n) is 15.2. The molecule has 1 aromatic rings. The summed E-state index contributed by atoms with van der Waals surface area (Å²) in [7, 11) is 3.18. The van der Waals surface area contributed by atoms with E-state index < -0.39 is 0 Å². The molecule has 1 aromatic carbocycles. The monoisotopic (exact) mass is 335 g/mol. The van der Waals surface area contributed by atoms with Gasteiger partial charge in [-0.1, -0.05) is 13.8 Å². The number of methoxy groups -OCH3 is 2. The molecule has 0 radical (unpaired) electrons. The Bertz CT molecular complexity index is 540. The molecule has 0 aromatic heterocycles. The van der Waals surface area contributed by atoms with Gasteiger partial charge in [-0.25, -0.2) is 0 Å². The average molecular weight is 335 g/mol. The van der Waals surface area contributed by atoms with E-state index in [0.717, 1.165) is 38.4 Å². The molecule has 0 spiro atoms. The molecule has 1 amide bonds. The quantitative estimate of drug-likeness (QED) is 0.825. The van der Waals surface area contributed by atoms with Crippen LogP contribution in [0.5, 0.6) is 11.5 Å². The third-order valence-electron chi connectivity index (χ3n) is 4.12. The molecule has 1 heterocycles. The van der Waals surface area contributed by atoms with E-state index in [-0.39, 0.29) is 5.91 Å². The molecule has 6 nitrogen and oxygen atoms in total. The Hall–Kier alpha value is -1.79. The van der Waals surface area contributed by atoms with Gasteiger partial charge in [0.2, 0.25) is 5.91 Å². The van der Waals surface area contributed by atoms with Crippen LogP contribution in [0.2, 0.25) is 0 Å². The van der Waals surface area contributed by atoms with Gasteiger partial charge in [0.15, 0.2) is 11.5 Å². The Morgan fingerprint density at radius 2 is 1.71 bits per heavy atom. The van der Waals surface area contributed by atoms with E-state index in [1.165, 1.54) is 0 Å². The molecule has 1 N–H and O–H groups in total. The third kappa shape index (κ3) is 5.39. The summed E-state index contributed by atoms with van der Waals surface area (Å²) < 4.78 is 10.5. The zero-order valence-corrected chi connectivity index (χ0v) is 15.2. The predicted molar refractivity (Wildman–Crippen MR) is 95.9 cm³/mol. The first-order valence-electron chi connectivity index (χ1n) is 8.48. The molecule has 0 aliphatic carbocycles. The van der Waals surface area contributed by atoms with Crippen LogP contribution in [0.25, 0.3) is 0 Å². The topological polar surface area (TPSA) is 54.0 Å². The van der Waals surface area contributed by atoms with Crippen LogP contribution in [-0.4, -0.2) is 69.2 Å². The maximum absolute atomic E-state index is 12.3. The van der Waals surface area contributed by atoms with Crippen LogP contribution in [0.4, 0.5) is 5.69 Å². The van der Waals surface area contributed by atoms with Crippen molar-refractivity contribution in [2.24, 2.45) is 5.92 Å². The van der Waals surface area contributed by atoms with Gasteiger partial charge in [-0.2, -0.15) is 0 Å². The van der Waals surface area contributed by atoms with Crippen molar-refractivity contribution in [1.29, 1.82) is 0 Å². The fourth-order valence-electron chi connectivity index (χ4n) is 2.96. The number of hydrogen-bond acceptors (Lipinski definition) is 5. The van der Waals surface area contributed by atoms with E-state index >= 15 is 0 Å². The third-order valence-corrected chi connectivity index (χ3v) is 4.12. The summed E-state index contributed by atoms with van der Waals surface area (Å²) in [5, 5.41) is 2.93. The van der Waals surface area contributed by atoms with Crippen molar-refractivity contribution in [3.05, 3.63) is 18.2 Å². The van der Waals surface area contributed by atoms with Crippen LogP contribution >= 0.6 is 0 Å². The van der Waals surface area contributed by atoms with Crippen molar-refractivity contribution < 1.29 is 14.3 Å². The number of benzene rings is 1. The van der Waals surface area contributed by atoms with Gasteiger partial charge in [0.05, 0.1) is 20.8 Å². The minimum atomic E-state index is -0.000436. The van der Waals surface area contributed by atoms with E-state index in [9.17, 15) is 4.79 Å². The molecule has 134 valence electrons. The van der Waals surface area contributed by atoms with Crippen molar-refractivity contribution in [3.8, 4) is 11.5 Å². The van der Waals surface area contributed by atoms with Crippen LogP contribution in [-0.2, 0) is 4.79 Å². The lowest BCUT2D eigenvalue weighted by molar-refractivity contribution is -0.117. The number of ether oxygens (including phenoxy) is 2. The van der Waals surface area contributed by atoms with Crippen LogP contribution in [0.3, 0.4) is 0 Å². The maximum atomic E-state index is 12.3. The number of piperazine rings is 1. The number of hydrogen-bond donors (Lipinski definition) is 1. The Morgan fingerprint density at radius 1 is 1.08 bits per heavy atom. The molecule has 1 fully saturated rings. The smallest absolute Gasteiger partial charge is 0.238 e. The van der Waals surface area contributed by atoms with E-state index in [1.807, 2.05) is 6.07 Å².